The van der Waals surface area contributed by atoms with E-state index in [4.69, 9.17) is 0 Å². The molecule has 0 radical (unpaired) electrons. The summed E-state index contributed by atoms with van der Waals surface area (Å²) in [4.78, 5) is 2.47. The van der Waals surface area contributed by atoms with E-state index in [2.05, 4.69) is 18.7 Å². The lowest BCUT2D eigenvalue weighted by molar-refractivity contribution is 0.0378. The molecule has 2 rings (SSSR count). The van der Waals surface area contributed by atoms with Crippen LogP contribution < -0.4 is 0 Å². The van der Waals surface area contributed by atoms with E-state index in [-0.39, 0.29) is 6.10 Å². The third-order valence-electron chi connectivity index (χ3n) is 3.73. The Kier molecular flexibility index (Phi) is 2.61. The molecule has 0 aromatic carbocycles. The van der Waals surface area contributed by atoms with Gasteiger partial charge in [0.1, 0.15) is 0 Å². The van der Waals surface area contributed by atoms with Crippen LogP contribution in [0.15, 0.2) is 0 Å². The summed E-state index contributed by atoms with van der Waals surface area (Å²) in [5.41, 5.74) is 0. The Morgan fingerprint density at radius 1 is 1.31 bits per heavy atom. The SMILES string of the molecule is CC1CC1CN1C[C@@H](O)CC[C@@H]1C. The molecule has 1 aliphatic carbocycles. The quantitative estimate of drug-likeness (QED) is 0.701. The average molecular weight is 183 g/mol. The van der Waals surface area contributed by atoms with Crippen molar-refractivity contribution in [3.63, 3.8) is 0 Å². The van der Waals surface area contributed by atoms with Crippen molar-refractivity contribution in [3.8, 4) is 0 Å². The van der Waals surface area contributed by atoms with Crippen LogP contribution in [-0.2, 0) is 0 Å². The molecule has 2 nitrogen and oxygen atoms in total. The molecule has 76 valence electrons. The molecule has 0 aromatic rings. The van der Waals surface area contributed by atoms with Crippen molar-refractivity contribution in [1.82, 2.24) is 4.90 Å². The van der Waals surface area contributed by atoms with Gasteiger partial charge in [-0.05, 0) is 38.0 Å². The average Bonchev–Trinajstić information content (AvgIpc) is 2.75. The molecule has 4 atom stereocenters. The van der Waals surface area contributed by atoms with Crippen molar-refractivity contribution in [2.45, 2.75) is 45.3 Å². The minimum atomic E-state index is -0.0646. The first-order valence-electron chi connectivity index (χ1n) is 5.59. The van der Waals surface area contributed by atoms with Crippen LogP contribution in [0.3, 0.4) is 0 Å². The number of hydrogen-bond acceptors (Lipinski definition) is 2. The van der Waals surface area contributed by atoms with Gasteiger partial charge >= 0.3 is 0 Å². The first-order valence-corrected chi connectivity index (χ1v) is 5.59. The third-order valence-corrected chi connectivity index (χ3v) is 3.73. The zero-order chi connectivity index (χ0) is 9.42. The lowest BCUT2D eigenvalue weighted by atomic mass is 10.0. The first-order chi connectivity index (χ1) is 6.16. The standard InChI is InChI=1S/C11H21NO/c1-8-5-10(8)6-12-7-11(13)4-3-9(12)2/h8-11,13H,3-7H2,1-2H3/t8?,9-,10?,11-/m0/s1. The smallest absolute Gasteiger partial charge is 0.0667 e. The molecule has 0 bridgehead atoms. The van der Waals surface area contributed by atoms with Gasteiger partial charge in [0, 0.05) is 19.1 Å². The summed E-state index contributed by atoms with van der Waals surface area (Å²) in [5.74, 6) is 1.86. The fourth-order valence-electron chi connectivity index (χ4n) is 2.37. The summed E-state index contributed by atoms with van der Waals surface area (Å²) in [6, 6.07) is 0.691. The Bertz CT molecular complexity index is 183. The zero-order valence-corrected chi connectivity index (χ0v) is 8.74. The number of piperidine rings is 1. The number of hydrogen-bond donors (Lipinski definition) is 1. The van der Waals surface area contributed by atoms with Crippen LogP contribution in [-0.4, -0.2) is 35.2 Å². The topological polar surface area (TPSA) is 23.5 Å². The molecule has 1 saturated heterocycles. The van der Waals surface area contributed by atoms with E-state index in [1.165, 1.54) is 19.4 Å². The molecule has 1 aliphatic heterocycles. The fourth-order valence-corrected chi connectivity index (χ4v) is 2.37. The second-order valence-corrected chi connectivity index (χ2v) is 5.01. The normalized spacial score (nSPS) is 46.4. The summed E-state index contributed by atoms with van der Waals surface area (Å²) < 4.78 is 0. The number of likely N-dealkylation sites (tertiary alicyclic amines) is 1. The Morgan fingerprint density at radius 3 is 2.62 bits per heavy atom. The molecule has 1 heterocycles. The molecule has 1 saturated carbocycles. The minimum absolute atomic E-state index is 0.0646. The van der Waals surface area contributed by atoms with Gasteiger partial charge in [0.25, 0.3) is 0 Å². The van der Waals surface area contributed by atoms with E-state index in [0.717, 1.165) is 24.8 Å². The Hall–Kier alpha value is -0.0800. The van der Waals surface area contributed by atoms with Gasteiger partial charge in [-0.1, -0.05) is 6.92 Å². The highest BCUT2D eigenvalue weighted by Gasteiger charge is 2.36. The van der Waals surface area contributed by atoms with Gasteiger partial charge < -0.3 is 5.11 Å². The van der Waals surface area contributed by atoms with Crippen molar-refractivity contribution in [1.29, 1.82) is 0 Å². The van der Waals surface area contributed by atoms with Crippen LogP contribution in [0.25, 0.3) is 0 Å². The van der Waals surface area contributed by atoms with Crippen LogP contribution in [0.4, 0.5) is 0 Å². The molecule has 2 heteroatoms. The molecule has 13 heavy (non-hydrogen) atoms. The molecule has 1 N–H and O–H groups in total. The van der Waals surface area contributed by atoms with E-state index < -0.39 is 0 Å². The van der Waals surface area contributed by atoms with Crippen molar-refractivity contribution in [3.05, 3.63) is 0 Å². The lowest BCUT2D eigenvalue weighted by Crippen LogP contribution is -2.45. The number of nitrogens with zero attached hydrogens (tertiary/aromatic N) is 1. The molecule has 0 spiro atoms. The maximum Gasteiger partial charge on any atom is 0.0667 e. The molecule has 2 unspecified atom stereocenters. The van der Waals surface area contributed by atoms with Gasteiger partial charge in [0.05, 0.1) is 6.10 Å². The second-order valence-electron chi connectivity index (χ2n) is 5.01. The zero-order valence-electron chi connectivity index (χ0n) is 8.74. The summed E-state index contributed by atoms with van der Waals surface area (Å²) in [6.45, 7) is 6.75. The minimum Gasteiger partial charge on any atom is -0.392 e. The van der Waals surface area contributed by atoms with Gasteiger partial charge in [-0.2, -0.15) is 0 Å². The summed E-state index contributed by atoms with van der Waals surface area (Å²) >= 11 is 0. The monoisotopic (exact) mass is 183 g/mol. The predicted molar refractivity (Wildman–Crippen MR) is 53.5 cm³/mol. The van der Waals surface area contributed by atoms with Crippen molar-refractivity contribution >= 4 is 0 Å². The molecule has 2 aliphatic rings. The number of rotatable bonds is 2. The highest BCUT2D eigenvalue weighted by atomic mass is 16.3. The summed E-state index contributed by atoms with van der Waals surface area (Å²) in [5, 5.41) is 9.55. The third kappa shape index (κ3) is 2.23. The highest BCUT2D eigenvalue weighted by Crippen LogP contribution is 2.39. The Morgan fingerprint density at radius 2 is 2.00 bits per heavy atom. The summed E-state index contributed by atoms with van der Waals surface area (Å²) in [6.07, 6.45) is 3.50. The van der Waals surface area contributed by atoms with Crippen molar-refractivity contribution in [2.24, 2.45) is 11.8 Å². The van der Waals surface area contributed by atoms with Gasteiger partial charge in [0.15, 0.2) is 0 Å². The van der Waals surface area contributed by atoms with E-state index in [0.29, 0.717) is 6.04 Å². The van der Waals surface area contributed by atoms with E-state index >= 15 is 0 Å². The van der Waals surface area contributed by atoms with E-state index in [1.54, 1.807) is 0 Å². The van der Waals surface area contributed by atoms with Crippen molar-refractivity contribution < 1.29 is 5.11 Å². The van der Waals surface area contributed by atoms with Gasteiger partial charge in [0.2, 0.25) is 0 Å². The van der Waals surface area contributed by atoms with E-state index in [9.17, 15) is 5.11 Å². The summed E-state index contributed by atoms with van der Waals surface area (Å²) in [7, 11) is 0. The lowest BCUT2D eigenvalue weighted by Gasteiger charge is -2.36. The molecular formula is C11H21NO. The Balaban J connectivity index is 1.81. The van der Waals surface area contributed by atoms with Crippen LogP contribution in [0.5, 0.6) is 0 Å². The van der Waals surface area contributed by atoms with E-state index in [1.807, 2.05) is 0 Å². The molecular weight excluding hydrogens is 162 g/mol. The van der Waals surface area contributed by atoms with Crippen molar-refractivity contribution in [2.75, 3.05) is 13.1 Å². The second kappa shape index (κ2) is 3.58. The van der Waals surface area contributed by atoms with Crippen LogP contribution in [0.1, 0.15) is 33.1 Å². The first kappa shape index (κ1) is 9.47. The Labute approximate surface area is 80.9 Å². The molecule has 0 aromatic heterocycles. The largest absolute Gasteiger partial charge is 0.392 e. The van der Waals surface area contributed by atoms with Crippen LogP contribution in [0.2, 0.25) is 0 Å². The van der Waals surface area contributed by atoms with Crippen LogP contribution >= 0.6 is 0 Å². The number of β-amino-alcohol motifs (C(OH)–C–C–N with tert-alkyl or cyclic N) is 1. The van der Waals surface area contributed by atoms with Gasteiger partial charge in [-0.15, -0.1) is 0 Å². The molecule has 2 fully saturated rings. The maximum atomic E-state index is 9.55. The van der Waals surface area contributed by atoms with Crippen LogP contribution in [0, 0.1) is 11.8 Å². The fraction of sp³-hybridized carbons (Fsp3) is 1.00. The predicted octanol–water partition coefficient (Wildman–Crippen LogP) is 1.49. The molecule has 0 amide bonds. The van der Waals surface area contributed by atoms with Gasteiger partial charge in [-0.3, -0.25) is 4.90 Å². The number of aliphatic hydroxyl groups excluding tert-OH is 1. The number of aliphatic hydroxyl groups is 1. The highest BCUT2D eigenvalue weighted by molar-refractivity contribution is 4.88. The maximum absolute atomic E-state index is 9.55. The van der Waals surface area contributed by atoms with Gasteiger partial charge in [-0.25, -0.2) is 0 Å².